The molecule has 3 rings (SSSR count). The molecule has 0 heterocycles. The molecule has 0 saturated carbocycles. The van der Waals surface area contributed by atoms with Gasteiger partial charge in [0.15, 0.2) is 0 Å². The van der Waals surface area contributed by atoms with Gasteiger partial charge in [-0.25, -0.2) is 8.42 Å². The Morgan fingerprint density at radius 3 is 2.26 bits per heavy atom. The highest BCUT2D eigenvalue weighted by Gasteiger charge is 2.32. The van der Waals surface area contributed by atoms with E-state index in [0.29, 0.717) is 11.6 Å². The van der Waals surface area contributed by atoms with Gasteiger partial charge in [-0.05, 0) is 69.5 Å². The van der Waals surface area contributed by atoms with Crippen LogP contribution in [0.4, 0.5) is 5.69 Å². The lowest BCUT2D eigenvalue weighted by atomic mass is 10.1. The third kappa shape index (κ3) is 7.61. The normalized spacial score (nSPS) is 12.1. The molecule has 208 valence electrons. The van der Waals surface area contributed by atoms with E-state index in [-0.39, 0.29) is 23.0 Å². The lowest BCUT2D eigenvalue weighted by Crippen LogP contribution is -2.51. The minimum absolute atomic E-state index is 0.0524. The molecule has 0 bridgehead atoms. The maximum absolute atomic E-state index is 13.9. The summed E-state index contributed by atoms with van der Waals surface area (Å²) in [5.74, 6) is -0.813. The van der Waals surface area contributed by atoms with Crippen molar-refractivity contribution in [2.45, 2.75) is 58.5 Å². The molecule has 1 atom stereocenters. The molecule has 9 heteroatoms. The van der Waals surface area contributed by atoms with E-state index in [1.807, 2.05) is 52.0 Å². The average Bonchev–Trinajstić information content (AvgIpc) is 2.90. The maximum Gasteiger partial charge on any atom is 0.264 e. The quantitative estimate of drug-likeness (QED) is 0.335. The van der Waals surface area contributed by atoms with Gasteiger partial charge in [0, 0.05) is 18.1 Å². The van der Waals surface area contributed by atoms with E-state index in [1.165, 1.54) is 23.1 Å². The zero-order valence-corrected chi connectivity index (χ0v) is 24.6. The van der Waals surface area contributed by atoms with Crippen LogP contribution < -0.4 is 9.62 Å². The highest BCUT2D eigenvalue weighted by molar-refractivity contribution is 7.92. The van der Waals surface area contributed by atoms with E-state index in [9.17, 15) is 18.0 Å². The number of amides is 2. The van der Waals surface area contributed by atoms with Crippen LogP contribution in [0.3, 0.4) is 0 Å². The summed E-state index contributed by atoms with van der Waals surface area (Å²) < 4.78 is 28.8. The van der Waals surface area contributed by atoms with Crippen molar-refractivity contribution >= 4 is 39.1 Å². The van der Waals surface area contributed by atoms with Crippen LogP contribution in [0.2, 0.25) is 5.02 Å². The number of anilines is 1. The Bertz CT molecular complexity index is 1420. The first-order valence-corrected chi connectivity index (χ1v) is 14.7. The first-order valence-electron chi connectivity index (χ1n) is 12.9. The molecule has 0 fully saturated rings. The van der Waals surface area contributed by atoms with Crippen LogP contribution in [0.15, 0.2) is 71.6 Å². The molecule has 0 aliphatic heterocycles. The highest BCUT2D eigenvalue weighted by Crippen LogP contribution is 2.28. The van der Waals surface area contributed by atoms with Gasteiger partial charge in [-0.3, -0.25) is 13.9 Å². The maximum atomic E-state index is 13.9. The van der Waals surface area contributed by atoms with Crippen LogP contribution >= 0.6 is 11.6 Å². The van der Waals surface area contributed by atoms with Crippen LogP contribution in [0, 0.1) is 20.8 Å². The Labute approximate surface area is 236 Å². The predicted molar refractivity (Wildman–Crippen MR) is 156 cm³/mol. The Hall–Kier alpha value is -3.36. The fourth-order valence-corrected chi connectivity index (χ4v) is 5.67. The topological polar surface area (TPSA) is 86.8 Å². The molecule has 2 amide bonds. The number of rotatable bonds is 11. The zero-order valence-electron chi connectivity index (χ0n) is 23.1. The summed E-state index contributed by atoms with van der Waals surface area (Å²) in [6.07, 6.45) is 0.751. The molecule has 0 radical (unpaired) electrons. The number of benzene rings is 3. The third-order valence-corrected chi connectivity index (χ3v) is 8.68. The number of carbonyl (C=O) groups excluding carboxylic acids is 2. The van der Waals surface area contributed by atoms with E-state index in [1.54, 1.807) is 31.2 Å². The summed E-state index contributed by atoms with van der Waals surface area (Å²) in [6, 6.07) is 18.2. The Morgan fingerprint density at radius 2 is 1.64 bits per heavy atom. The molecule has 0 spiro atoms. The van der Waals surface area contributed by atoms with Crippen LogP contribution in [0.25, 0.3) is 0 Å². The smallest absolute Gasteiger partial charge is 0.264 e. The number of carbonyl (C=O) groups is 2. The molecule has 0 aromatic heterocycles. The molecule has 0 aliphatic carbocycles. The first-order chi connectivity index (χ1) is 18.4. The first kappa shape index (κ1) is 30.2. The van der Waals surface area contributed by atoms with Crippen LogP contribution in [0.1, 0.15) is 42.5 Å². The van der Waals surface area contributed by atoms with Crippen molar-refractivity contribution in [2.24, 2.45) is 0 Å². The van der Waals surface area contributed by atoms with Gasteiger partial charge in [-0.2, -0.15) is 0 Å². The number of hydrogen-bond acceptors (Lipinski definition) is 4. The largest absolute Gasteiger partial charge is 0.354 e. The summed E-state index contributed by atoms with van der Waals surface area (Å²) in [5.41, 5.74) is 3.80. The molecule has 7 nitrogen and oxygen atoms in total. The lowest BCUT2D eigenvalue weighted by molar-refractivity contribution is -0.139. The number of halogens is 1. The molecule has 39 heavy (non-hydrogen) atoms. The van der Waals surface area contributed by atoms with Crippen molar-refractivity contribution in [1.29, 1.82) is 0 Å². The van der Waals surface area contributed by atoms with Gasteiger partial charge < -0.3 is 10.2 Å². The van der Waals surface area contributed by atoms with Gasteiger partial charge in [-0.1, -0.05) is 72.1 Å². The van der Waals surface area contributed by atoms with Crippen molar-refractivity contribution in [3.63, 3.8) is 0 Å². The predicted octanol–water partition coefficient (Wildman–Crippen LogP) is 5.40. The summed E-state index contributed by atoms with van der Waals surface area (Å²) in [7, 11) is -4.14. The van der Waals surface area contributed by atoms with E-state index in [2.05, 4.69) is 5.32 Å². The molecule has 3 aromatic carbocycles. The monoisotopic (exact) mass is 569 g/mol. The van der Waals surface area contributed by atoms with Gasteiger partial charge in [-0.15, -0.1) is 0 Å². The van der Waals surface area contributed by atoms with Crippen LogP contribution in [-0.2, 0) is 26.2 Å². The van der Waals surface area contributed by atoms with Gasteiger partial charge in [0.1, 0.15) is 12.6 Å². The SMILES string of the molecule is CCCNC(=O)C(C)N(Cc1cccc(C)c1)C(=O)CN(c1ccc(C)c(Cl)c1)S(=O)(=O)c1ccc(C)cc1. The second-order valence-electron chi connectivity index (χ2n) is 9.74. The molecule has 0 aliphatic rings. The molecule has 0 saturated heterocycles. The third-order valence-electron chi connectivity index (χ3n) is 6.48. The number of hydrogen-bond donors (Lipinski definition) is 1. The van der Waals surface area contributed by atoms with Gasteiger partial charge in [0.25, 0.3) is 10.0 Å². The van der Waals surface area contributed by atoms with Crippen LogP contribution in [-0.4, -0.2) is 44.3 Å². The summed E-state index contributed by atoms with van der Waals surface area (Å²) in [6.45, 7) is 9.35. The second-order valence-corrected chi connectivity index (χ2v) is 12.0. The Kier molecular flexibility index (Phi) is 10.2. The average molecular weight is 570 g/mol. The number of sulfonamides is 1. The Balaban J connectivity index is 2.04. The minimum atomic E-state index is -4.14. The van der Waals surface area contributed by atoms with Crippen molar-refractivity contribution in [3.8, 4) is 0 Å². The molecule has 3 aromatic rings. The summed E-state index contributed by atoms with van der Waals surface area (Å²) >= 11 is 6.37. The molecular formula is C30H36ClN3O4S. The fourth-order valence-electron chi connectivity index (χ4n) is 4.09. The van der Waals surface area contributed by atoms with Gasteiger partial charge in [0.2, 0.25) is 11.8 Å². The fraction of sp³-hybridized carbons (Fsp3) is 0.333. The Morgan fingerprint density at radius 1 is 0.949 bits per heavy atom. The van der Waals surface area contributed by atoms with Crippen molar-refractivity contribution in [3.05, 3.63) is 94.0 Å². The molecule has 1 N–H and O–H groups in total. The number of nitrogens with zero attached hydrogens (tertiary/aromatic N) is 2. The van der Waals surface area contributed by atoms with Gasteiger partial charge >= 0.3 is 0 Å². The van der Waals surface area contributed by atoms with E-state index in [0.717, 1.165) is 33.0 Å². The summed E-state index contributed by atoms with van der Waals surface area (Å²) in [4.78, 5) is 28.3. The minimum Gasteiger partial charge on any atom is -0.354 e. The van der Waals surface area contributed by atoms with E-state index >= 15 is 0 Å². The van der Waals surface area contributed by atoms with Crippen molar-refractivity contribution in [2.75, 3.05) is 17.4 Å². The number of nitrogens with one attached hydrogen (secondary N) is 1. The van der Waals surface area contributed by atoms with Gasteiger partial charge in [0.05, 0.1) is 10.6 Å². The van der Waals surface area contributed by atoms with E-state index in [4.69, 9.17) is 11.6 Å². The second kappa shape index (κ2) is 13.1. The highest BCUT2D eigenvalue weighted by atomic mass is 35.5. The molecular weight excluding hydrogens is 534 g/mol. The molecule has 1 unspecified atom stereocenters. The zero-order chi connectivity index (χ0) is 28.7. The van der Waals surface area contributed by atoms with Crippen molar-refractivity contribution in [1.82, 2.24) is 10.2 Å². The number of aryl methyl sites for hydroxylation is 3. The standard InChI is InChI=1S/C30H36ClN3O4S/c1-6-16-32-30(36)24(5)33(19-25-9-7-8-22(3)17-25)29(35)20-34(26-13-12-23(4)28(31)18-26)39(37,38)27-14-10-21(2)11-15-27/h7-15,17-18,24H,6,16,19-20H2,1-5H3,(H,32,36). The van der Waals surface area contributed by atoms with Crippen molar-refractivity contribution < 1.29 is 18.0 Å². The summed E-state index contributed by atoms with van der Waals surface area (Å²) in [5, 5.41) is 3.22. The lowest BCUT2D eigenvalue weighted by Gasteiger charge is -2.32. The van der Waals surface area contributed by atoms with E-state index < -0.39 is 28.5 Å². The van der Waals surface area contributed by atoms with Crippen LogP contribution in [0.5, 0.6) is 0 Å².